The molecule has 0 bridgehead atoms. The van der Waals surface area contributed by atoms with Crippen LogP contribution in [0.15, 0.2) is 53.4 Å². The summed E-state index contributed by atoms with van der Waals surface area (Å²) >= 11 is 0. The molecule has 3 rings (SSSR count). The SMILES string of the molecule is NC(=O)c1ccccc1NC(=O)C1CCCN(S(=O)(=O)c2ccc(F)cc2)C1. The number of carbonyl (C=O) groups excluding carboxylic acids is 2. The molecule has 2 amide bonds. The molecule has 2 aromatic carbocycles. The second-order valence-electron chi connectivity index (χ2n) is 6.56. The number of nitrogens with zero attached hydrogens (tertiary/aromatic N) is 1. The number of sulfonamides is 1. The van der Waals surface area contributed by atoms with Crippen molar-refractivity contribution in [3.05, 3.63) is 59.9 Å². The van der Waals surface area contributed by atoms with Gasteiger partial charge in [-0.3, -0.25) is 9.59 Å². The van der Waals surface area contributed by atoms with Crippen molar-refractivity contribution in [2.75, 3.05) is 18.4 Å². The molecule has 148 valence electrons. The summed E-state index contributed by atoms with van der Waals surface area (Å²) in [6.45, 7) is 0.283. The van der Waals surface area contributed by atoms with E-state index in [9.17, 15) is 22.4 Å². The zero-order chi connectivity index (χ0) is 20.3. The minimum atomic E-state index is -3.83. The van der Waals surface area contributed by atoms with Crippen LogP contribution in [0.2, 0.25) is 0 Å². The maximum absolute atomic E-state index is 13.1. The topological polar surface area (TPSA) is 110 Å². The lowest BCUT2D eigenvalue weighted by molar-refractivity contribution is -0.120. The first-order chi connectivity index (χ1) is 13.3. The number of halogens is 1. The molecule has 0 aliphatic carbocycles. The van der Waals surface area contributed by atoms with E-state index in [2.05, 4.69) is 5.32 Å². The van der Waals surface area contributed by atoms with Crippen molar-refractivity contribution < 1.29 is 22.4 Å². The summed E-state index contributed by atoms with van der Waals surface area (Å²) in [4.78, 5) is 24.1. The predicted octanol–water partition coefficient (Wildman–Crippen LogP) is 1.96. The van der Waals surface area contributed by atoms with Crippen molar-refractivity contribution in [3.8, 4) is 0 Å². The highest BCUT2D eigenvalue weighted by molar-refractivity contribution is 7.89. The third-order valence-electron chi connectivity index (χ3n) is 4.66. The van der Waals surface area contributed by atoms with Gasteiger partial charge < -0.3 is 11.1 Å². The fraction of sp³-hybridized carbons (Fsp3) is 0.263. The van der Waals surface area contributed by atoms with Gasteiger partial charge in [0, 0.05) is 13.1 Å². The molecular weight excluding hydrogens is 385 g/mol. The number of primary amides is 1. The lowest BCUT2D eigenvalue weighted by Gasteiger charge is -2.31. The van der Waals surface area contributed by atoms with Gasteiger partial charge in [-0.1, -0.05) is 12.1 Å². The number of benzene rings is 2. The first-order valence-electron chi connectivity index (χ1n) is 8.74. The maximum Gasteiger partial charge on any atom is 0.250 e. The minimum Gasteiger partial charge on any atom is -0.366 e. The highest BCUT2D eigenvalue weighted by Crippen LogP contribution is 2.25. The molecule has 1 heterocycles. The van der Waals surface area contributed by atoms with Crippen LogP contribution in [0.25, 0.3) is 0 Å². The monoisotopic (exact) mass is 405 g/mol. The first kappa shape index (κ1) is 20.0. The smallest absolute Gasteiger partial charge is 0.250 e. The molecular formula is C19H20FN3O4S. The van der Waals surface area contributed by atoms with Gasteiger partial charge in [0.05, 0.1) is 22.1 Å². The lowest BCUT2D eigenvalue weighted by atomic mass is 9.98. The van der Waals surface area contributed by atoms with Gasteiger partial charge in [0.1, 0.15) is 5.82 Å². The molecule has 0 radical (unpaired) electrons. The number of anilines is 1. The number of para-hydroxylation sites is 1. The molecule has 0 saturated carbocycles. The van der Waals surface area contributed by atoms with Gasteiger partial charge in [-0.2, -0.15) is 4.31 Å². The normalized spacial score (nSPS) is 17.8. The van der Waals surface area contributed by atoms with E-state index in [1.54, 1.807) is 18.2 Å². The second-order valence-corrected chi connectivity index (χ2v) is 8.49. The lowest BCUT2D eigenvalue weighted by Crippen LogP contribution is -2.43. The van der Waals surface area contributed by atoms with Crippen molar-refractivity contribution in [1.82, 2.24) is 4.31 Å². The number of carbonyl (C=O) groups is 2. The Labute approximate surface area is 162 Å². The van der Waals surface area contributed by atoms with Crippen molar-refractivity contribution in [2.45, 2.75) is 17.7 Å². The van der Waals surface area contributed by atoms with E-state index in [0.717, 1.165) is 12.1 Å². The van der Waals surface area contributed by atoms with Gasteiger partial charge in [-0.05, 0) is 49.2 Å². The molecule has 1 atom stereocenters. The van der Waals surface area contributed by atoms with Crippen LogP contribution < -0.4 is 11.1 Å². The maximum atomic E-state index is 13.1. The van der Waals surface area contributed by atoms with Crippen LogP contribution in [-0.2, 0) is 14.8 Å². The first-order valence-corrected chi connectivity index (χ1v) is 10.2. The Bertz CT molecular complexity index is 992. The summed E-state index contributed by atoms with van der Waals surface area (Å²) in [5.41, 5.74) is 5.79. The number of hydrogen-bond donors (Lipinski definition) is 2. The van der Waals surface area contributed by atoms with Crippen molar-refractivity contribution in [2.24, 2.45) is 11.7 Å². The Kier molecular flexibility index (Phi) is 5.76. The molecule has 1 fully saturated rings. The Morgan fingerprint density at radius 1 is 1.11 bits per heavy atom. The van der Waals surface area contributed by atoms with E-state index >= 15 is 0 Å². The number of hydrogen-bond acceptors (Lipinski definition) is 4. The number of nitrogens with one attached hydrogen (secondary N) is 1. The van der Waals surface area contributed by atoms with Crippen LogP contribution in [0, 0.1) is 11.7 Å². The molecule has 1 aliphatic rings. The van der Waals surface area contributed by atoms with E-state index in [4.69, 9.17) is 5.73 Å². The zero-order valence-electron chi connectivity index (χ0n) is 15.0. The van der Waals surface area contributed by atoms with E-state index in [1.807, 2.05) is 0 Å². The third-order valence-corrected chi connectivity index (χ3v) is 6.54. The van der Waals surface area contributed by atoms with Crippen molar-refractivity contribution in [1.29, 1.82) is 0 Å². The molecule has 3 N–H and O–H groups in total. The van der Waals surface area contributed by atoms with Crippen LogP contribution >= 0.6 is 0 Å². The standard InChI is InChI=1S/C19H20FN3O4S/c20-14-7-9-15(10-8-14)28(26,27)23-11-3-4-13(12-23)19(25)22-17-6-2-1-5-16(17)18(21)24/h1-2,5-10,13H,3-4,11-12H2,(H2,21,24)(H,22,25). The number of nitrogens with two attached hydrogens (primary N) is 1. The van der Waals surface area contributed by atoms with E-state index < -0.39 is 27.7 Å². The summed E-state index contributed by atoms with van der Waals surface area (Å²) in [5.74, 6) is -2.15. The summed E-state index contributed by atoms with van der Waals surface area (Å²) in [5, 5.41) is 2.67. The molecule has 7 nitrogen and oxygen atoms in total. The number of rotatable bonds is 5. The molecule has 28 heavy (non-hydrogen) atoms. The fourth-order valence-corrected chi connectivity index (χ4v) is 4.70. The van der Waals surface area contributed by atoms with Crippen molar-refractivity contribution >= 4 is 27.5 Å². The zero-order valence-corrected chi connectivity index (χ0v) is 15.8. The minimum absolute atomic E-state index is 0.00425. The van der Waals surface area contributed by atoms with Gasteiger partial charge in [-0.15, -0.1) is 0 Å². The Hall–Kier alpha value is -2.78. The summed E-state index contributed by atoms with van der Waals surface area (Å²) in [7, 11) is -3.83. The number of piperidine rings is 1. The van der Waals surface area contributed by atoms with Gasteiger partial charge in [0.15, 0.2) is 0 Å². The molecule has 0 aromatic heterocycles. The Morgan fingerprint density at radius 2 is 1.79 bits per heavy atom. The summed E-state index contributed by atoms with van der Waals surface area (Å²) in [6, 6.07) is 10.9. The predicted molar refractivity (Wildman–Crippen MR) is 101 cm³/mol. The largest absolute Gasteiger partial charge is 0.366 e. The highest BCUT2D eigenvalue weighted by Gasteiger charge is 2.33. The van der Waals surface area contributed by atoms with E-state index in [0.29, 0.717) is 18.5 Å². The number of amides is 2. The average Bonchev–Trinajstić information content (AvgIpc) is 2.68. The van der Waals surface area contributed by atoms with E-state index in [1.165, 1.54) is 22.5 Å². The average molecular weight is 405 g/mol. The molecule has 0 spiro atoms. The fourth-order valence-electron chi connectivity index (χ4n) is 3.17. The Morgan fingerprint density at radius 3 is 2.46 bits per heavy atom. The molecule has 1 saturated heterocycles. The van der Waals surface area contributed by atoms with Gasteiger partial charge in [-0.25, -0.2) is 12.8 Å². The van der Waals surface area contributed by atoms with Crippen LogP contribution in [0.1, 0.15) is 23.2 Å². The third kappa shape index (κ3) is 4.20. The van der Waals surface area contributed by atoms with Crippen molar-refractivity contribution in [3.63, 3.8) is 0 Å². The molecule has 1 unspecified atom stereocenters. The molecule has 1 aliphatic heterocycles. The van der Waals surface area contributed by atoms with Crippen LogP contribution in [0.4, 0.5) is 10.1 Å². The van der Waals surface area contributed by atoms with Gasteiger partial charge in [0.2, 0.25) is 15.9 Å². The van der Waals surface area contributed by atoms with Crippen LogP contribution in [0.5, 0.6) is 0 Å². The van der Waals surface area contributed by atoms with Gasteiger partial charge in [0.25, 0.3) is 5.91 Å². The molecule has 2 aromatic rings. The summed E-state index contributed by atoms with van der Waals surface area (Å²) in [6.07, 6.45) is 1.02. The highest BCUT2D eigenvalue weighted by atomic mass is 32.2. The van der Waals surface area contributed by atoms with Gasteiger partial charge >= 0.3 is 0 Å². The second kappa shape index (κ2) is 8.07. The molecule has 9 heteroatoms. The van der Waals surface area contributed by atoms with Crippen LogP contribution in [0.3, 0.4) is 0 Å². The Balaban J connectivity index is 1.75. The summed E-state index contributed by atoms with van der Waals surface area (Å²) < 4.78 is 39.9. The van der Waals surface area contributed by atoms with E-state index in [-0.39, 0.29) is 29.5 Å². The quantitative estimate of drug-likeness (QED) is 0.792. The van der Waals surface area contributed by atoms with Crippen LogP contribution in [-0.4, -0.2) is 37.6 Å².